The van der Waals surface area contributed by atoms with E-state index in [1.165, 1.54) is 11.8 Å². The Morgan fingerprint density at radius 2 is 1.68 bits per heavy atom. The van der Waals surface area contributed by atoms with E-state index in [1.54, 1.807) is 0 Å². The van der Waals surface area contributed by atoms with Gasteiger partial charge in [0.25, 0.3) is 0 Å². The largest absolute Gasteiger partial charge is 0.481 e. The predicted molar refractivity (Wildman–Crippen MR) is 125 cm³/mol. The van der Waals surface area contributed by atoms with Gasteiger partial charge in [0.05, 0.1) is 6.42 Å². The molecular formula is C25H30F3N3O7. The third-order valence-corrected chi connectivity index (χ3v) is 6.78. The molecule has 1 aromatic rings. The van der Waals surface area contributed by atoms with Gasteiger partial charge in [0.1, 0.15) is 12.6 Å². The minimum atomic E-state index is -1.64. The van der Waals surface area contributed by atoms with Crippen molar-refractivity contribution in [3.05, 3.63) is 29.1 Å². The van der Waals surface area contributed by atoms with Crippen molar-refractivity contribution >= 4 is 29.5 Å². The van der Waals surface area contributed by atoms with E-state index in [4.69, 9.17) is 9.84 Å². The van der Waals surface area contributed by atoms with Crippen molar-refractivity contribution in [2.24, 2.45) is 5.92 Å². The number of hydrogen-bond acceptors (Lipinski definition) is 6. The summed E-state index contributed by atoms with van der Waals surface area (Å²) >= 11 is 0. The molecule has 1 saturated heterocycles. The number of hydrogen-bond donors (Lipinski definition) is 3. The van der Waals surface area contributed by atoms with Crippen LogP contribution >= 0.6 is 0 Å². The molecular weight excluding hydrogens is 511 g/mol. The maximum Gasteiger partial charge on any atom is 0.311 e. The number of likely N-dealkylation sites (tertiary alicyclic amines) is 1. The van der Waals surface area contributed by atoms with Gasteiger partial charge in [-0.05, 0) is 44.2 Å². The molecule has 1 aliphatic carbocycles. The Labute approximate surface area is 216 Å². The second kappa shape index (κ2) is 12.7. The predicted octanol–water partition coefficient (Wildman–Crippen LogP) is 1.62. The molecule has 0 unspecified atom stereocenters. The zero-order valence-corrected chi connectivity index (χ0v) is 20.9. The molecule has 38 heavy (non-hydrogen) atoms. The van der Waals surface area contributed by atoms with Gasteiger partial charge in [0.15, 0.2) is 23.2 Å². The molecule has 1 aliphatic heterocycles. The Hall–Kier alpha value is -3.64. The van der Waals surface area contributed by atoms with E-state index in [-0.39, 0.29) is 37.5 Å². The first-order valence-electron chi connectivity index (χ1n) is 12.4. The normalized spacial score (nSPS) is 17.1. The smallest absolute Gasteiger partial charge is 0.311 e. The second-order valence-corrected chi connectivity index (χ2v) is 9.57. The van der Waals surface area contributed by atoms with E-state index in [0.717, 1.165) is 25.7 Å². The molecule has 3 rings (SSSR count). The molecule has 0 radical (unpaired) electrons. The summed E-state index contributed by atoms with van der Waals surface area (Å²) in [5.41, 5.74) is -0.262. The first-order valence-corrected chi connectivity index (χ1v) is 12.4. The first-order chi connectivity index (χ1) is 18.0. The lowest BCUT2D eigenvalue weighted by atomic mass is 9.95. The highest BCUT2D eigenvalue weighted by molar-refractivity contribution is 6.35. The van der Waals surface area contributed by atoms with Crippen LogP contribution in [0.3, 0.4) is 0 Å². The molecule has 3 amide bonds. The number of piperidine rings is 1. The summed E-state index contributed by atoms with van der Waals surface area (Å²) in [5, 5.41) is 14.2. The van der Waals surface area contributed by atoms with Crippen LogP contribution in [-0.4, -0.2) is 71.3 Å². The second-order valence-electron chi connectivity index (χ2n) is 9.57. The highest BCUT2D eigenvalue weighted by Crippen LogP contribution is 2.27. The van der Waals surface area contributed by atoms with Gasteiger partial charge in [-0.15, -0.1) is 0 Å². The van der Waals surface area contributed by atoms with Crippen molar-refractivity contribution in [1.82, 2.24) is 15.5 Å². The van der Waals surface area contributed by atoms with E-state index < -0.39 is 77.7 Å². The van der Waals surface area contributed by atoms with Crippen LogP contribution in [-0.2, 0) is 24.0 Å². The van der Waals surface area contributed by atoms with Gasteiger partial charge in [0, 0.05) is 25.0 Å². The SMILES string of the molecule is Cc1cc(F)c(F)c(OCC(=O)[C@H](CC(=O)O)NC(=O)C2CCN(C(=O)C(=O)NC3CCCC3)CC2)c1F. The molecule has 1 saturated carbocycles. The lowest BCUT2D eigenvalue weighted by molar-refractivity contribution is -0.147. The number of benzene rings is 1. The average molecular weight is 542 g/mol. The number of Topliss-reactive ketones (excluding diaryl/α,β-unsaturated/α-hetero) is 1. The molecule has 0 spiro atoms. The number of ether oxygens (including phenoxy) is 1. The van der Waals surface area contributed by atoms with Crippen molar-refractivity contribution in [3.8, 4) is 5.75 Å². The van der Waals surface area contributed by atoms with Crippen LogP contribution < -0.4 is 15.4 Å². The van der Waals surface area contributed by atoms with Crippen LogP contribution in [0.4, 0.5) is 13.2 Å². The van der Waals surface area contributed by atoms with Gasteiger partial charge >= 0.3 is 17.8 Å². The van der Waals surface area contributed by atoms with Crippen LogP contribution in [0.1, 0.15) is 50.5 Å². The van der Waals surface area contributed by atoms with E-state index >= 15 is 0 Å². The zero-order chi connectivity index (χ0) is 28.0. The number of halogens is 3. The van der Waals surface area contributed by atoms with Crippen molar-refractivity contribution in [2.45, 2.75) is 64.0 Å². The lowest BCUT2D eigenvalue weighted by Crippen LogP contribution is -2.51. The summed E-state index contributed by atoms with van der Waals surface area (Å²) in [7, 11) is 0. The van der Waals surface area contributed by atoms with Crippen molar-refractivity contribution in [3.63, 3.8) is 0 Å². The van der Waals surface area contributed by atoms with Crippen molar-refractivity contribution < 1.29 is 47.0 Å². The van der Waals surface area contributed by atoms with Crippen molar-refractivity contribution in [2.75, 3.05) is 19.7 Å². The number of aliphatic carboxylic acids is 1. The molecule has 1 aromatic carbocycles. The van der Waals surface area contributed by atoms with E-state index in [0.29, 0.717) is 6.07 Å². The number of carbonyl (C=O) groups excluding carboxylic acids is 4. The minimum absolute atomic E-state index is 0.0135. The average Bonchev–Trinajstić information content (AvgIpc) is 3.39. The highest BCUT2D eigenvalue weighted by atomic mass is 19.2. The Kier molecular flexibility index (Phi) is 9.70. The van der Waals surface area contributed by atoms with Crippen LogP contribution in [0.2, 0.25) is 0 Å². The van der Waals surface area contributed by atoms with Crippen LogP contribution in [0.5, 0.6) is 5.75 Å². The topological polar surface area (TPSA) is 142 Å². The van der Waals surface area contributed by atoms with Gasteiger partial charge in [-0.3, -0.25) is 24.0 Å². The van der Waals surface area contributed by atoms with Gasteiger partial charge in [-0.2, -0.15) is 4.39 Å². The fourth-order valence-corrected chi connectivity index (χ4v) is 4.59. The summed E-state index contributed by atoms with van der Waals surface area (Å²) in [5.74, 6) is -10.4. The number of nitrogens with zero attached hydrogens (tertiary/aromatic N) is 1. The van der Waals surface area contributed by atoms with Gasteiger partial charge in [0.2, 0.25) is 11.7 Å². The number of rotatable bonds is 9. The summed E-state index contributed by atoms with van der Waals surface area (Å²) in [6, 6.07) is -0.966. The maximum atomic E-state index is 14.1. The van der Waals surface area contributed by atoms with Gasteiger partial charge in [-0.1, -0.05) is 12.8 Å². The Morgan fingerprint density at radius 1 is 1.05 bits per heavy atom. The van der Waals surface area contributed by atoms with E-state index in [9.17, 15) is 37.1 Å². The summed E-state index contributed by atoms with van der Waals surface area (Å²) in [6.07, 6.45) is 3.18. The Bertz CT molecular complexity index is 1070. The molecule has 13 heteroatoms. The highest BCUT2D eigenvalue weighted by Gasteiger charge is 2.33. The third-order valence-electron chi connectivity index (χ3n) is 6.78. The van der Waals surface area contributed by atoms with Crippen LogP contribution in [0.25, 0.3) is 0 Å². The molecule has 0 bridgehead atoms. The summed E-state index contributed by atoms with van der Waals surface area (Å²) in [4.78, 5) is 62.6. The molecule has 0 aromatic heterocycles. The maximum absolute atomic E-state index is 14.1. The number of ketones is 1. The van der Waals surface area contributed by atoms with Crippen LogP contribution in [0.15, 0.2) is 6.07 Å². The number of aryl methyl sites for hydroxylation is 1. The molecule has 2 fully saturated rings. The quantitative estimate of drug-likeness (QED) is 0.319. The number of carboxylic acids is 1. The zero-order valence-electron chi connectivity index (χ0n) is 20.9. The molecule has 1 atom stereocenters. The molecule has 1 heterocycles. The molecule has 208 valence electrons. The number of carboxylic acid groups (broad SMARTS) is 1. The summed E-state index contributed by atoms with van der Waals surface area (Å²) < 4.78 is 46.5. The monoisotopic (exact) mass is 541 g/mol. The van der Waals surface area contributed by atoms with Crippen molar-refractivity contribution in [1.29, 1.82) is 0 Å². The van der Waals surface area contributed by atoms with E-state index in [1.807, 2.05) is 0 Å². The minimum Gasteiger partial charge on any atom is -0.481 e. The fourth-order valence-electron chi connectivity index (χ4n) is 4.59. The fraction of sp³-hybridized carbons (Fsp3) is 0.560. The standard InChI is InChI=1S/C25H30F3N3O7/c1-13-10-16(26)21(28)22(20(13)27)38-12-18(32)17(11-19(33)34)30-23(35)14-6-8-31(9-7-14)25(37)24(36)29-15-4-2-3-5-15/h10,14-15,17H,2-9,11-12H2,1H3,(H,29,36)(H,30,35)(H,33,34)/t17-/m0/s1. The Morgan fingerprint density at radius 3 is 2.29 bits per heavy atom. The number of nitrogens with one attached hydrogen (secondary N) is 2. The molecule has 3 N–H and O–H groups in total. The Balaban J connectivity index is 1.54. The first kappa shape index (κ1) is 28.9. The van der Waals surface area contributed by atoms with Crippen LogP contribution in [0, 0.1) is 30.3 Å². The number of amides is 3. The number of carbonyl (C=O) groups is 5. The molecule has 10 nitrogen and oxygen atoms in total. The molecule has 2 aliphatic rings. The lowest BCUT2D eigenvalue weighted by Gasteiger charge is -2.31. The van der Waals surface area contributed by atoms with E-state index in [2.05, 4.69) is 10.6 Å². The van der Waals surface area contributed by atoms with Gasteiger partial charge < -0.3 is 25.4 Å². The van der Waals surface area contributed by atoms with Gasteiger partial charge in [-0.25, -0.2) is 8.78 Å². The summed E-state index contributed by atoms with van der Waals surface area (Å²) in [6.45, 7) is 0.388. The third kappa shape index (κ3) is 7.23.